The van der Waals surface area contributed by atoms with Gasteiger partial charge in [0.05, 0.1) is 0 Å². The summed E-state index contributed by atoms with van der Waals surface area (Å²) in [4.78, 5) is 0. The van der Waals surface area contributed by atoms with E-state index in [0.717, 1.165) is 6.42 Å². The van der Waals surface area contributed by atoms with Crippen molar-refractivity contribution >= 4 is 0 Å². The number of benzene rings is 1. The molecule has 1 aliphatic rings. The van der Waals surface area contributed by atoms with Gasteiger partial charge in [-0.3, -0.25) is 0 Å². The quantitative estimate of drug-likeness (QED) is 0.722. The smallest absolute Gasteiger partial charge is 0.0499 e. The Kier molecular flexibility index (Phi) is 2.36. The van der Waals surface area contributed by atoms with Crippen molar-refractivity contribution in [3.63, 3.8) is 0 Å². The summed E-state index contributed by atoms with van der Waals surface area (Å²) < 4.78 is 0. The topological polar surface area (TPSA) is 20.2 Å². The van der Waals surface area contributed by atoms with Gasteiger partial charge in [-0.2, -0.15) is 0 Å². The molecule has 1 aromatic carbocycles. The van der Waals surface area contributed by atoms with E-state index in [1.54, 1.807) is 0 Å². The Morgan fingerprint density at radius 1 is 1.36 bits per heavy atom. The summed E-state index contributed by atoms with van der Waals surface area (Å²) in [6.45, 7) is 4.87. The molecule has 0 saturated heterocycles. The fourth-order valence-electron chi connectivity index (χ4n) is 2.48. The molecule has 0 fully saturated rings. The minimum atomic E-state index is 0.280. The fraction of sp³-hybridized carbons (Fsp3) is 0.538. The lowest BCUT2D eigenvalue weighted by Gasteiger charge is -2.36. The minimum Gasteiger partial charge on any atom is -0.396 e. The van der Waals surface area contributed by atoms with Crippen LogP contribution in [0, 0.1) is 0 Å². The molecule has 1 nitrogen and oxygen atoms in total. The van der Waals surface area contributed by atoms with Gasteiger partial charge in [0.15, 0.2) is 0 Å². The Hall–Kier alpha value is -0.820. The van der Waals surface area contributed by atoms with E-state index in [2.05, 4.69) is 38.1 Å². The van der Waals surface area contributed by atoms with Gasteiger partial charge in [0.2, 0.25) is 0 Å². The predicted molar refractivity (Wildman–Crippen MR) is 58.5 cm³/mol. The highest BCUT2D eigenvalue weighted by atomic mass is 16.3. The third kappa shape index (κ3) is 1.46. The van der Waals surface area contributed by atoms with Crippen molar-refractivity contribution in [2.24, 2.45) is 0 Å². The molecule has 2 rings (SSSR count). The van der Waals surface area contributed by atoms with Gasteiger partial charge in [0.25, 0.3) is 0 Å². The molecular formula is C13H18O. The van der Waals surface area contributed by atoms with Gasteiger partial charge in [-0.1, -0.05) is 38.1 Å². The lowest BCUT2D eigenvalue weighted by Crippen LogP contribution is -2.27. The predicted octanol–water partition coefficient (Wildman–Crippen LogP) is 2.83. The molecule has 0 radical (unpaired) electrons. The van der Waals surface area contributed by atoms with Gasteiger partial charge < -0.3 is 5.11 Å². The molecule has 1 N–H and O–H groups in total. The second-order valence-corrected chi connectivity index (χ2v) is 4.89. The molecular weight excluding hydrogens is 172 g/mol. The van der Waals surface area contributed by atoms with Crippen molar-refractivity contribution in [2.45, 2.75) is 38.0 Å². The Bertz CT molecular complexity index is 328. The maximum Gasteiger partial charge on any atom is 0.0499 e. The number of hydrogen-bond acceptors (Lipinski definition) is 1. The largest absolute Gasteiger partial charge is 0.396 e. The average molecular weight is 190 g/mol. The molecule has 1 aromatic rings. The molecule has 14 heavy (non-hydrogen) atoms. The number of aliphatic hydroxyl groups excluding tert-OH is 1. The van der Waals surface area contributed by atoms with Gasteiger partial charge >= 0.3 is 0 Å². The molecule has 0 bridgehead atoms. The molecule has 0 aromatic heterocycles. The van der Waals surface area contributed by atoms with Crippen LogP contribution in [0.4, 0.5) is 0 Å². The van der Waals surface area contributed by atoms with Gasteiger partial charge in [0.1, 0.15) is 0 Å². The zero-order valence-electron chi connectivity index (χ0n) is 8.96. The molecule has 0 aliphatic heterocycles. The van der Waals surface area contributed by atoms with E-state index < -0.39 is 0 Å². The van der Waals surface area contributed by atoms with Crippen LogP contribution in [0.25, 0.3) is 0 Å². The van der Waals surface area contributed by atoms with Crippen molar-refractivity contribution in [3.05, 3.63) is 35.4 Å². The van der Waals surface area contributed by atoms with E-state index in [0.29, 0.717) is 5.92 Å². The SMILES string of the molecule is CC1(C)CCC(CO)c2ccccc21. The first kappa shape index (κ1) is 9.72. The van der Waals surface area contributed by atoms with Crippen LogP contribution in [0.3, 0.4) is 0 Å². The standard InChI is InChI=1S/C13H18O/c1-13(2)8-7-10(9-14)11-5-3-4-6-12(11)13/h3-6,10,14H,7-9H2,1-2H3. The monoisotopic (exact) mass is 190 g/mol. The summed E-state index contributed by atoms with van der Waals surface area (Å²) in [7, 11) is 0. The Balaban J connectivity index is 2.49. The number of fused-ring (bicyclic) bond motifs is 1. The molecule has 0 saturated carbocycles. The zero-order chi connectivity index (χ0) is 10.2. The number of aliphatic hydroxyl groups is 1. The molecule has 1 unspecified atom stereocenters. The van der Waals surface area contributed by atoms with Crippen LogP contribution in [0.5, 0.6) is 0 Å². The van der Waals surface area contributed by atoms with Crippen LogP contribution in [-0.4, -0.2) is 11.7 Å². The maximum atomic E-state index is 9.31. The molecule has 0 heterocycles. The highest BCUT2D eigenvalue weighted by Crippen LogP contribution is 2.41. The van der Waals surface area contributed by atoms with E-state index in [-0.39, 0.29) is 12.0 Å². The summed E-state index contributed by atoms with van der Waals surface area (Å²) in [5.74, 6) is 0.360. The Labute approximate surface area is 85.8 Å². The van der Waals surface area contributed by atoms with Crippen LogP contribution < -0.4 is 0 Å². The third-order valence-electron chi connectivity index (χ3n) is 3.47. The van der Waals surface area contributed by atoms with Gasteiger partial charge in [-0.05, 0) is 29.4 Å². The van der Waals surface area contributed by atoms with Crippen molar-refractivity contribution in [1.82, 2.24) is 0 Å². The summed E-state index contributed by atoms with van der Waals surface area (Å²) in [5.41, 5.74) is 3.05. The Morgan fingerprint density at radius 2 is 2.07 bits per heavy atom. The highest BCUT2D eigenvalue weighted by molar-refractivity contribution is 5.38. The minimum absolute atomic E-state index is 0.280. The first-order valence-corrected chi connectivity index (χ1v) is 5.35. The zero-order valence-corrected chi connectivity index (χ0v) is 8.96. The Morgan fingerprint density at radius 3 is 2.79 bits per heavy atom. The van der Waals surface area contributed by atoms with E-state index in [4.69, 9.17) is 0 Å². The second kappa shape index (κ2) is 3.39. The normalized spacial score (nSPS) is 24.4. The van der Waals surface area contributed by atoms with Crippen LogP contribution in [0.2, 0.25) is 0 Å². The van der Waals surface area contributed by atoms with Crippen LogP contribution >= 0.6 is 0 Å². The molecule has 1 atom stereocenters. The van der Waals surface area contributed by atoms with Gasteiger partial charge in [-0.25, -0.2) is 0 Å². The van der Waals surface area contributed by atoms with Crippen LogP contribution in [-0.2, 0) is 5.41 Å². The summed E-state index contributed by atoms with van der Waals surface area (Å²) in [6.07, 6.45) is 2.29. The summed E-state index contributed by atoms with van der Waals surface area (Å²) in [5, 5.41) is 9.31. The van der Waals surface area contributed by atoms with E-state index in [1.165, 1.54) is 17.5 Å². The van der Waals surface area contributed by atoms with Crippen molar-refractivity contribution in [3.8, 4) is 0 Å². The van der Waals surface area contributed by atoms with E-state index in [1.807, 2.05) is 0 Å². The third-order valence-corrected chi connectivity index (χ3v) is 3.47. The van der Waals surface area contributed by atoms with E-state index >= 15 is 0 Å². The van der Waals surface area contributed by atoms with E-state index in [9.17, 15) is 5.11 Å². The number of rotatable bonds is 1. The van der Waals surface area contributed by atoms with Crippen molar-refractivity contribution in [1.29, 1.82) is 0 Å². The van der Waals surface area contributed by atoms with Crippen LogP contribution in [0.15, 0.2) is 24.3 Å². The lowest BCUT2D eigenvalue weighted by atomic mass is 9.69. The fourth-order valence-corrected chi connectivity index (χ4v) is 2.48. The van der Waals surface area contributed by atoms with Crippen LogP contribution in [0.1, 0.15) is 43.7 Å². The molecule has 0 amide bonds. The van der Waals surface area contributed by atoms with Gasteiger partial charge in [-0.15, -0.1) is 0 Å². The lowest BCUT2D eigenvalue weighted by molar-refractivity contribution is 0.238. The second-order valence-electron chi connectivity index (χ2n) is 4.89. The molecule has 1 heteroatoms. The first-order valence-electron chi connectivity index (χ1n) is 5.35. The molecule has 1 aliphatic carbocycles. The maximum absolute atomic E-state index is 9.31. The van der Waals surface area contributed by atoms with Gasteiger partial charge in [0, 0.05) is 12.5 Å². The first-order chi connectivity index (χ1) is 6.65. The highest BCUT2D eigenvalue weighted by Gasteiger charge is 2.31. The number of hydrogen-bond donors (Lipinski definition) is 1. The summed E-state index contributed by atoms with van der Waals surface area (Å²) in [6, 6.07) is 8.54. The molecule has 76 valence electrons. The van der Waals surface area contributed by atoms with Crippen molar-refractivity contribution in [2.75, 3.05) is 6.61 Å². The average Bonchev–Trinajstić information content (AvgIpc) is 2.18. The van der Waals surface area contributed by atoms with Crippen molar-refractivity contribution < 1.29 is 5.11 Å². The summed E-state index contributed by atoms with van der Waals surface area (Å²) >= 11 is 0. The molecule has 0 spiro atoms.